The fourth-order valence-corrected chi connectivity index (χ4v) is 4.50. The van der Waals surface area contributed by atoms with Gasteiger partial charge in [0.05, 0.1) is 11.6 Å². The highest BCUT2D eigenvalue weighted by Crippen LogP contribution is 2.44. The zero-order valence-electron chi connectivity index (χ0n) is 13.2. The lowest BCUT2D eigenvalue weighted by molar-refractivity contribution is -0.101. The van der Waals surface area contributed by atoms with Crippen molar-refractivity contribution in [2.24, 2.45) is 5.92 Å². The Bertz CT molecular complexity index is 374. The van der Waals surface area contributed by atoms with E-state index in [-0.39, 0.29) is 5.60 Å². The Hall–Kier alpha value is -0.380. The van der Waals surface area contributed by atoms with Gasteiger partial charge in [-0.05, 0) is 50.1 Å². The predicted octanol–water partition coefficient (Wildman–Crippen LogP) is 4.77. The molecule has 0 spiro atoms. The van der Waals surface area contributed by atoms with Crippen LogP contribution in [0, 0.1) is 5.92 Å². The van der Waals surface area contributed by atoms with Crippen LogP contribution < -0.4 is 5.32 Å². The Morgan fingerprint density at radius 1 is 1.50 bits per heavy atom. The van der Waals surface area contributed by atoms with Gasteiger partial charge >= 0.3 is 0 Å². The molecule has 0 aliphatic heterocycles. The smallest absolute Gasteiger partial charge is 0.0886 e. The van der Waals surface area contributed by atoms with E-state index in [1.165, 1.54) is 37.0 Å². The standard InChI is InChI=1S/C17H29NOS/c1-4-11-18-16(15-9-7-12-20-15)17(19-5-2)10-6-8-14(3)13-17/h7,9,12,14,16,18H,4-6,8,10-11,13H2,1-3H3. The number of hydrogen-bond donors (Lipinski definition) is 1. The van der Waals surface area contributed by atoms with Crippen molar-refractivity contribution in [1.82, 2.24) is 5.32 Å². The summed E-state index contributed by atoms with van der Waals surface area (Å²) in [7, 11) is 0. The molecular weight excluding hydrogens is 266 g/mol. The van der Waals surface area contributed by atoms with E-state index in [0.717, 1.165) is 19.1 Å². The zero-order chi connectivity index (χ0) is 14.4. The van der Waals surface area contributed by atoms with Crippen molar-refractivity contribution in [2.45, 2.75) is 64.5 Å². The van der Waals surface area contributed by atoms with Gasteiger partial charge in [0.25, 0.3) is 0 Å². The molecule has 3 unspecified atom stereocenters. The number of ether oxygens (including phenoxy) is 1. The van der Waals surface area contributed by atoms with Gasteiger partial charge in [-0.15, -0.1) is 11.3 Å². The van der Waals surface area contributed by atoms with E-state index >= 15 is 0 Å². The highest BCUT2D eigenvalue weighted by atomic mass is 32.1. The van der Waals surface area contributed by atoms with Crippen molar-refractivity contribution in [1.29, 1.82) is 0 Å². The van der Waals surface area contributed by atoms with Gasteiger partial charge in [0.1, 0.15) is 0 Å². The third-order valence-corrected chi connectivity index (χ3v) is 5.31. The van der Waals surface area contributed by atoms with E-state index in [9.17, 15) is 0 Å². The number of rotatable bonds is 7. The fraction of sp³-hybridized carbons (Fsp3) is 0.765. The van der Waals surface area contributed by atoms with Crippen molar-refractivity contribution >= 4 is 11.3 Å². The minimum Gasteiger partial charge on any atom is -0.373 e. The molecule has 1 saturated carbocycles. The number of nitrogens with one attached hydrogen (secondary N) is 1. The van der Waals surface area contributed by atoms with Crippen LogP contribution in [0.4, 0.5) is 0 Å². The van der Waals surface area contributed by atoms with Crippen molar-refractivity contribution in [3.63, 3.8) is 0 Å². The average Bonchev–Trinajstić information content (AvgIpc) is 2.93. The van der Waals surface area contributed by atoms with Crippen LogP contribution in [-0.4, -0.2) is 18.8 Å². The van der Waals surface area contributed by atoms with Gasteiger partial charge in [0.2, 0.25) is 0 Å². The molecule has 1 N–H and O–H groups in total. The average molecular weight is 295 g/mol. The third kappa shape index (κ3) is 3.63. The molecule has 0 bridgehead atoms. The van der Waals surface area contributed by atoms with Gasteiger partial charge in [-0.25, -0.2) is 0 Å². The summed E-state index contributed by atoms with van der Waals surface area (Å²) in [5, 5.41) is 5.96. The van der Waals surface area contributed by atoms with Crippen LogP contribution in [0.1, 0.15) is 63.8 Å². The highest BCUT2D eigenvalue weighted by Gasteiger charge is 2.43. The van der Waals surface area contributed by atoms with Crippen molar-refractivity contribution in [3.05, 3.63) is 22.4 Å². The molecular formula is C17H29NOS. The number of thiophene rings is 1. The Balaban J connectivity index is 2.25. The lowest BCUT2D eigenvalue weighted by Gasteiger charge is -2.45. The van der Waals surface area contributed by atoms with Gasteiger partial charge in [0, 0.05) is 11.5 Å². The van der Waals surface area contributed by atoms with E-state index in [4.69, 9.17) is 4.74 Å². The molecule has 1 fully saturated rings. The Kier molecular flexibility index (Phi) is 6.06. The van der Waals surface area contributed by atoms with Gasteiger partial charge in [-0.3, -0.25) is 0 Å². The van der Waals surface area contributed by atoms with E-state index in [1.54, 1.807) is 0 Å². The van der Waals surface area contributed by atoms with Gasteiger partial charge in [-0.2, -0.15) is 0 Å². The minimum atomic E-state index is -0.00750. The minimum absolute atomic E-state index is 0.00750. The second-order valence-electron chi connectivity index (χ2n) is 6.10. The summed E-state index contributed by atoms with van der Waals surface area (Å²) < 4.78 is 6.37. The molecule has 3 atom stereocenters. The normalized spacial score (nSPS) is 28.4. The summed E-state index contributed by atoms with van der Waals surface area (Å²) in [5.41, 5.74) is -0.00750. The summed E-state index contributed by atoms with van der Waals surface area (Å²) in [6.07, 6.45) is 6.17. The van der Waals surface area contributed by atoms with Crippen LogP contribution in [0.25, 0.3) is 0 Å². The molecule has 1 heterocycles. The maximum absolute atomic E-state index is 6.37. The monoisotopic (exact) mass is 295 g/mol. The quantitative estimate of drug-likeness (QED) is 0.782. The Labute approximate surface area is 127 Å². The molecule has 2 nitrogen and oxygen atoms in total. The van der Waals surface area contributed by atoms with Crippen LogP contribution in [0.3, 0.4) is 0 Å². The van der Waals surface area contributed by atoms with Crippen LogP contribution in [-0.2, 0) is 4.74 Å². The second-order valence-corrected chi connectivity index (χ2v) is 7.08. The van der Waals surface area contributed by atoms with Gasteiger partial charge in [0.15, 0.2) is 0 Å². The molecule has 20 heavy (non-hydrogen) atoms. The summed E-state index contributed by atoms with van der Waals surface area (Å²) >= 11 is 1.86. The largest absolute Gasteiger partial charge is 0.373 e. The molecule has 0 radical (unpaired) electrons. The Morgan fingerprint density at radius 2 is 2.35 bits per heavy atom. The van der Waals surface area contributed by atoms with Crippen molar-refractivity contribution in [2.75, 3.05) is 13.2 Å². The molecule has 0 saturated heterocycles. The second kappa shape index (κ2) is 7.58. The molecule has 3 heteroatoms. The topological polar surface area (TPSA) is 21.3 Å². The lowest BCUT2D eigenvalue weighted by Crippen LogP contribution is -2.49. The van der Waals surface area contributed by atoms with Crippen molar-refractivity contribution in [3.8, 4) is 0 Å². The van der Waals surface area contributed by atoms with Gasteiger partial charge in [-0.1, -0.05) is 32.8 Å². The summed E-state index contributed by atoms with van der Waals surface area (Å²) in [5.74, 6) is 0.765. The number of hydrogen-bond acceptors (Lipinski definition) is 3. The van der Waals surface area contributed by atoms with Gasteiger partial charge < -0.3 is 10.1 Å². The molecule has 2 rings (SSSR count). The van der Waals surface area contributed by atoms with Crippen LogP contribution in [0.5, 0.6) is 0 Å². The first-order valence-corrected chi connectivity index (χ1v) is 9.00. The zero-order valence-corrected chi connectivity index (χ0v) is 14.0. The molecule has 1 aliphatic carbocycles. The molecule has 0 aromatic carbocycles. The molecule has 1 aromatic rings. The van der Waals surface area contributed by atoms with E-state index in [0.29, 0.717) is 6.04 Å². The van der Waals surface area contributed by atoms with Crippen LogP contribution >= 0.6 is 11.3 Å². The summed E-state index contributed by atoms with van der Waals surface area (Å²) in [6.45, 7) is 8.61. The highest BCUT2D eigenvalue weighted by molar-refractivity contribution is 7.10. The maximum atomic E-state index is 6.37. The van der Waals surface area contributed by atoms with Crippen LogP contribution in [0.2, 0.25) is 0 Å². The molecule has 114 valence electrons. The van der Waals surface area contributed by atoms with E-state index in [1.807, 2.05) is 11.3 Å². The Morgan fingerprint density at radius 3 is 2.95 bits per heavy atom. The molecule has 0 amide bonds. The lowest BCUT2D eigenvalue weighted by atomic mass is 9.74. The van der Waals surface area contributed by atoms with Crippen LogP contribution in [0.15, 0.2) is 17.5 Å². The predicted molar refractivity (Wildman–Crippen MR) is 87.3 cm³/mol. The first kappa shape index (κ1) is 16.0. The van der Waals surface area contributed by atoms with E-state index in [2.05, 4.69) is 43.6 Å². The van der Waals surface area contributed by atoms with Crippen molar-refractivity contribution < 1.29 is 4.74 Å². The van der Waals surface area contributed by atoms with E-state index < -0.39 is 0 Å². The molecule has 1 aliphatic rings. The summed E-state index contributed by atoms with van der Waals surface area (Å²) in [4.78, 5) is 1.43. The summed E-state index contributed by atoms with van der Waals surface area (Å²) in [6, 6.07) is 4.77. The first-order valence-electron chi connectivity index (χ1n) is 8.12. The first-order chi connectivity index (χ1) is 9.72. The SMILES string of the molecule is CCCNC(c1cccs1)C1(OCC)CCCC(C)C1. The molecule has 1 aromatic heterocycles. The third-order valence-electron chi connectivity index (χ3n) is 4.37. The maximum Gasteiger partial charge on any atom is 0.0886 e. The fourth-order valence-electron chi connectivity index (χ4n) is 3.60.